The number of barbiturate groups is 1. The summed E-state index contributed by atoms with van der Waals surface area (Å²) in [5.74, 6) is -0.501. The molecule has 2 bridgehead atoms. The normalized spacial score (nSPS) is 31.0. The number of amides is 4. The Balaban J connectivity index is 1.53. The predicted molar refractivity (Wildman–Crippen MR) is 94.3 cm³/mol. The van der Waals surface area contributed by atoms with Gasteiger partial charge in [0.25, 0.3) is 0 Å². The Morgan fingerprint density at radius 1 is 1.15 bits per heavy atom. The molecule has 0 radical (unpaired) electrons. The molecule has 2 saturated carbocycles. The number of urea groups is 1. The summed E-state index contributed by atoms with van der Waals surface area (Å²) in [4.78, 5) is 42.8. The zero-order chi connectivity index (χ0) is 18.3. The number of nitrogens with zero attached hydrogens (tertiary/aromatic N) is 2. The number of benzene rings is 1. The highest BCUT2D eigenvalue weighted by atomic mass is 16.5. The maximum Gasteiger partial charge on any atom is 0.331 e. The van der Waals surface area contributed by atoms with E-state index in [2.05, 4.69) is 10.3 Å². The van der Waals surface area contributed by atoms with Crippen LogP contribution in [-0.2, 0) is 9.59 Å². The second-order valence-corrected chi connectivity index (χ2v) is 7.20. The first-order chi connectivity index (χ1) is 12.6. The summed E-state index contributed by atoms with van der Waals surface area (Å²) in [5.41, 5.74) is 0.606. The van der Waals surface area contributed by atoms with Gasteiger partial charge >= 0.3 is 6.03 Å². The highest BCUT2D eigenvalue weighted by Gasteiger charge is 2.50. The number of hydrogen-bond donors (Lipinski definition) is 1. The van der Waals surface area contributed by atoms with Crippen molar-refractivity contribution in [2.75, 3.05) is 7.11 Å². The fourth-order valence-electron chi connectivity index (χ4n) is 4.41. The lowest BCUT2D eigenvalue weighted by Crippen LogP contribution is -2.62. The molecule has 136 valence electrons. The third-order valence-corrected chi connectivity index (χ3v) is 5.71. The van der Waals surface area contributed by atoms with Crippen molar-refractivity contribution in [1.29, 1.82) is 0 Å². The van der Waals surface area contributed by atoms with Gasteiger partial charge in [0.15, 0.2) is 5.92 Å². The summed E-state index contributed by atoms with van der Waals surface area (Å²) < 4.78 is 5.09. The van der Waals surface area contributed by atoms with Crippen molar-refractivity contribution in [2.24, 2.45) is 22.7 Å². The molecule has 4 rings (SSSR count). The number of aliphatic imine (C=N–C) groups is 1. The Kier molecular flexibility index (Phi) is 4.22. The maximum absolute atomic E-state index is 12.9. The number of ether oxygens (including phenoxy) is 1. The van der Waals surface area contributed by atoms with E-state index in [1.807, 2.05) is 0 Å². The molecule has 1 aromatic carbocycles. The number of carbonyl (C=O) groups is 3. The lowest BCUT2D eigenvalue weighted by Gasteiger charge is -2.36. The number of nitrogens with one attached hydrogen (secondary N) is 1. The van der Waals surface area contributed by atoms with Gasteiger partial charge in [0.2, 0.25) is 11.8 Å². The lowest BCUT2D eigenvalue weighted by atomic mass is 9.92. The van der Waals surface area contributed by atoms with Gasteiger partial charge in [-0.1, -0.05) is 6.42 Å². The zero-order valence-corrected chi connectivity index (χ0v) is 14.6. The smallest absolute Gasteiger partial charge is 0.331 e. The average Bonchev–Trinajstić information content (AvgIpc) is 3.25. The Labute approximate surface area is 151 Å². The van der Waals surface area contributed by atoms with Gasteiger partial charge in [-0.05, 0) is 55.4 Å². The molecule has 4 amide bonds. The fourth-order valence-corrected chi connectivity index (χ4v) is 4.41. The van der Waals surface area contributed by atoms with E-state index in [4.69, 9.17) is 4.74 Å². The molecule has 7 heteroatoms. The van der Waals surface area contributed by atoms with E-state index >= 15 is 0 Å². The molecular formula is C19H21N3O4. The van der Waals surface area contributed by atoms with Crippen molar-refractivity contribution in [1.82, 2.24) is 10.2 Å². The summed E-state index contributed by atoms with van der Waals surface area (Å²) in [7, 11) is 1.57. The van der Waals surface area contributed by atoms with Crippen LogP contribution in [0.1, 0.15) is 25.7 Å². The zero-order valence-electron chi connectivity index (χ0n) is 14.6. The molecule has 2 aliphatic carbocycles. The molecule has 1 aromatic rings. The molecule has 3 aliphatic rings. The van der Waals surface area contributed by atoms with Crippen molar-refractivity contribution in [3.05, 3.63) is 24.3 Å². The standard InChI is InChI=1S/C19H21N3O4/c1-26-14-6-4-13(5-7-14)20-10-15-17(23)21-19(25)22(18(15)24)16-9-11-2-3-12(16)8-11/h4-7,10-12,15-16H,2-3,8-9H2,1H3,(H,21,23,25)/t11-,12-,15-,16-/m0/s1. The molecule has 4 atom stereocenters. The van der Waals surface area contributed by atoms with E-state index in [1.54, 1.807) is 31.4 Å². The highest BCUT2D eigenvalue weighted by Crippen LogP contribution is 2.47. The predicted octanol–water partition coefficient (Wildman–Crippen LogP) is 2.28. The summed E-state index contributed by atoms with van der Waals surface area (Å²) in [6.07, 6.45) is 5.46. The minimum absolute atomic E-state index is 0.0914. The van der Waals surface area contributed by atoms with Crippen molar-refractivity contribution in [3.8, 4) is 5.75 Å². The lowest BCUT2D eigenvalue weighted by molar-refractivity contribution is -0.141. The molecule has 1 N–H and O–H groups in total. The fraction of sp³-hybridized carbons (Fsp3) is 0.474. The van der Waals surface area contributed by atoms with Gasteiger partial charge in [0.05, 0.1) is 12.8 Å². The average molecular weight is 355 g/mol. The van der Waals surface area contributed by atoms with E-state index < -0.39 is 23.8 Å². The molecule has 1 heterocycles. The van der Waals surface area contributed by atoms with E-state index in [1.165, 1.54) is 17.5 Å². The second-order valence-electron chi connectivity index (χ2n) is 7.20. The number of hydrogen-bond acceptors (Lipinski definition) is 5. The first kappa shape index (κ1) is 16.8. The van der Waals surface area contributed by atoms with Crippen LogP contribution in [0.2, 0.25) is 0 Å². The summed E-state index contributed by atoms with van der Waals surface area (Å²) >= 11 is 0. The van der Waals surface area contributed by atoms with Crippen LogP contribution >= 0.6 is 0 Å². The summed E-state index contributed by atoms with van der Waals surface area (Å²) in [5, 5.41) is 2.32. The third-order valence-electron chi connectivity index (χ3n) is 5.71. The molecule has 1 saturated heterocycles. The second kappa shape index (κ2) is 6.55. The Morgan fingerprint density at radius 2 is 1.92 bits per heavy atom. The monoisotopic (exact) mass is 355 g/mol. The van der Waals surface area contributed by atoms with Gasteiger partial charge in [0, 0.05) is 12.3 Å². The van der Waals surface area contributed by atoms with Gasteiger partial charge in [-0.2, -0.15) is 0 Å². The Hall–Kier alpha value is -2.70. The molecule has 0 spiro atoms. The summed E-state index contributed by atoms with van der Waals surface area (Å²) in [6.45, 7) is 0. The molecule has 0 unspecified atom stereocenters. The largest absolute Gasteiger partial charge is 0.497 e. The van der Waals surface area contributed by atoms with Crippen molar-refractivity contribution >= 4 is 29.7 Å². The SMILES string of the molecule is COc1ccc(N=C[C@H]2C(=O)NC(=O)N([C@H]3C[C@H]4CC[C@H]3C4)C2=O)cc1. The first-order valence-electron chi connectivity index (χ1n) is 8.93. The van der Waals surface area contributed by atoms with Gasteiger partial charge in [-0.3, -0.25) is 24.8 Å². The minimum Gasteiger partial charge on any atom is -0.497 e. The molecule has 0 aromatic heterocycles. The van der Waals surface area contributed by atoms with Crippen molar-refractivity contribution < 1.29 is 19.1 Å². The number of rotatable bonds is 4. The maximum atomic E-state index is 12.9. The number of methoxy groups -OCH3 is 1. The van der Waals surface area contributed by atoms with E-state index in [0.717, 1.165) is 19.3 Å². The van der Waals surface area contributed by atoms with E-state index in [0.29, 0.717) is 23.3 Å². The van der Waals surface area contributed by atoms with Gasteiger partial charge in [-0.15, -0.1) is 0 Å². The van der Waals surface area contributed by atoms with Crippen LogP contribution in [0.5, 0.6) is 5.75 Å². The van der Waals surface area contributed by atoms with Crippen LogP contribution in [0.25, 0.3) is 0 Å². The van der Waals surface area contributed by atoms with Gasteiger partial charge in [0.1, 0.15) is 5.75 Å². The third kappa shape index (κ3) is 2.87. The minimum atomic E-state index is -1.08. The topological polar surface area (TPSA) is 88.1 Å². The number of carbonyl (C=O) groups excluding carboxylic acids is 3. The van der Waals surface area contributed by atoms with E-state index in [-0.39, 0.29) is 6.04 Å². The Morgan fingerprint density at radius 3 is 2.54 bits per heavy atom. The number of imide groups is 2. The van der Waals surface area contributed by atoms with Crippen LogP contribution in [0.15, 0.2) is 29.3 Å². The van der Waals surface area contributed by atoms with Crippen LogP contribution in [0, 0.1) is 17.8 Å². The molecular weight excluding hydrogens is 334 g/mol. The van der Waals surface area contributed by atoms with Crippen LogP contribution in [0.3, 0.4) is 0 Å². The highest BCUT2D eigenvalue weighted by molar-refractivity contribution is 6.23. The van der Waals surface area contributed by atoms with Crippen LogP contribution in [0.4, 0.5) is 10.5 Å². The molecule has 26 heavy (non-hydrogen) atoms. The number of fused-ring (bicyclic) bond motifs is 2. The Bertz CT molecular complexity index is 773. The van der Waals surface area contributed by atoms with Gasteiger partial charge < -0.3 is 4.74 Å². The molecule has 1 aliphatic heterocycles. The van der Waals surface area contributed by atoms with Crippen molar-refractivity contribution in [2.45, 2.75) is 31.7 Å². The summed E-state index contributed by atoms with van der Waals surface area (Å²) in [6, 6.07) is 6.29. The van der Waals surface area contributed by atoms with Crippen molar-refractivity contribution in [3.63, 3.8) is 0 Å². The van der Waals surface area contributed by atoms with Crippen LogP contribution < -0.4 is 10.1 Å². The van der Waals surface area contributed by atoms with E-state index in [9.17, 15) is 14.4 Å². The molecule has 3 fully saturated rings. The van der Waals surface area contributed by atoms with Gasteiger partial charge in [-0.25, -0.2) is 4.79 Å². The van der Waals surface area contributed by atoms with Crippen LogP contribution in [-0.4, -0.2) is 42.1 Å². The quantitative estimate of drug-likeness (QED) is 0.663. The first-order valence-corrected chi connectivity index (χ1v) is 8.93. The molecule has 7 nitrogen and oxygen atoms in total.